The zero-order valence-corrected chi connectivity index (χ0v) is 10.8. The molecule has 1 aromatic rings. The van der Waals surface area contributed by atoms with Crippen molar-refractivity contribution in [2.24, 2.45) is 0 Å². The zero-order valence-electron chi connectivity index (χ0n) is 10.8. The topological polar surface area (TPSA) is 3.24 Å². The molecule has 0 saturated heterocycles. The molecule has 1 unspecified atom stereocenters. The summed E-state index contributed by atoms with van der Waals surface area (Å²) in [6, 6.07) is 9.06. The molecule has 0 fully saturated rings. The van der Waals surface area contributed by atoms with Crippen LogP contribution in [0.3, 0.4) is 0 Å². The number of hydrogen-bond acceptors (Lipinski definition) is 1. The largest absolute Gasteiger partial charge is 0.368 e. The lowest BCUT2D eigenvalue weighted by Gasteiger charge is -2.36. The van der Waals surface area contributed by atoms with Gasteiger partial charge in [0.15, 0.2) is 0 Å². The molecule has 0 N–H and O–H groups in total. The van der Waals surface area contributed by atoms with Gasteiger partial charge in [-0.15, -0.1) is 0 Å². The lowest BCUT2D eigenvalue weighted by Crippen LogP contribution is -2.26. The van der Waals surface area contributed by atoms with Crippen molar-refractivity contribution in [1.29, 1.82) is 0 Å². The maximum atomic E-state index is 3.73. The van der Waals surface area contributed by atoms with Crippen molar-refractivity contribution in [3.63, 3.8) is 0 Å². The van der Waals surface area contributed by atoms with Gasteiger partial charge in [-0.3, -0.25) is 0 Å². The van der Waals surface area contributed by atoms with Gasteiger partial charge in [-0.2, -0.15) is 0 Å². The van der Waals surface area contributed by atoms with Crippen LogP contribution in [0.15, 0.2) is 54.8 Å². The van der Waals surface area contributed by atoms with Crippen molar-refractivity contribution in [1.82, 2.24) is 4.90 Å². The second-order valence-electron chi connectivity index (χ2n) is 4.48. The Balaban J connectivity index is 2.59. The molecule has 1 heterocycles. The van der Waals surface area contributed by atoms with Crippen LogP contribution in [-0.2, 0) is 0 Å². The number of fused-ring (bicyclic) bond motifs is 1. The number of allylic oxidation sites excluding steroid dienone is 4. The van der Waals surface area contributed by atoms with Crippen molar-refractivity contribution < 1.29 is 0 Å². The smallest absolute Gasteiger partial charge is 0.0517 e. The van der Waals surface area contributed by atoms with Crippen LogP contribution >= 0.6 is 0 Å². The number of benzene rings is 1. The van der Waals surface area contributed by atoms with E-state index in [9.17, 15) is 0 Å². The molecule has 1 aliphatic rings. The summed E-state index contributed by atoms with van der Waals surface area (Å²) in [5.74, 6) is 0. The number of likely N-dealkylation sites (N-methyl/N-ethyl adjacent to an activating group) is 1. The molecule has 1 nitrogen and oxygen atoms in total. The first-order valence-corrected chi connectivity index (χ1v) is 5.99. The van der Waals surface area contributed by atoms with Gasteiger partial charge in [0.25, 0.3) is 0 Å². The van der Waals surface area contributed by atoms with Crippen molar-refractivity contribution in [2.75, 3.05) is 7.05 Å². The lowest BCUT2D eigenvalue weighted by atomic mass is 9.90. The molecule has 0 radical (unpaired) electrons. The van der Waals surface area contributed by atoms with Gasteiger partial charge in [0, 0.05) is 12.7 Å². The van der Waals surface area contributed by atoms with E-state index in [0.717, 1.165) is 0 Å². The Hall–Kier alpha value is -1.76. The molecule has 17 heavy (non-hydrogen) atoms. The molecule has 1 aliphatic heterocycles. The predicted molar refractivity (Wildman–Crippen MR) is 74.6 cm³/mol. The average molecular weight is 225 g/mol. The van der Waals surface area contributed by atoms with E-state index in [4.69, 9.17) is 0 Å². The molecule has 0 saturated carbocycles. The molecule has 1 aromatic carbocycles. The number of nitrogens with zero attached hydrogens (tertiary/aromatic N) is 1. The minimum absolute atomic E-state index is 0.416. The van der Waals surface area contributed by atoms with Crippen molar-refractivity contribution in [3.8, 4) is 0 Å². The standard InChI is InChI=1S/C16H19N/c1-5-6-11-16-12(2)14-9-7-8-10-15(14)13(3)17(16)4/h5-11,13H,1H2,2-4H3/b11-6-. The van der Waals surface area contributed by atoms with Crippen LogP contribution in [0.1, 0.15) is 31.0 Å². The normalized spacial score (nSPS) is 19.7. The van der Waals surface area contributed by atoms with Crippen LogP contribution in [0, 0.1) is 0 Å². The van der Waals surface area contributed by atoms with E-state index in [1.165, 1.54) is 22.4 Å². The summed E-state index contributed by atoms with van der Waals surface area (Å²) < 4.78 is 0. The molecule has 1 heteroatoms. The third-order valence-electron chi connectivity index (χ3n) is 3.55. The minimum atomic E-state index is 0.416. The summed E-state index contributed by atoms with van der Waals surface area (Å²) in [6.45, 7) is 8.16. The van der Waals surface area contributed by atoms with E-state index in [1.54, 1.807) is 0 Å². The van der Waals surface area contributed by atoms with Gasteiger partial charge in [-0.25, -0.2) is 0 Å². The van der Waals surface area contributed by atoms with E-state index in [0.29, 0.717) is 6.04 Å². The average Bonchev–Trinajstić information content (AvgIpc) is 2.36. The first-order valence-electron chi connectivity index (χ1n) is 5.99. The summed E-state index contributed by atoms with van der Waals surface area (Å²) in [6.07, 6.45) is 5.95. The van der Waals surface area contributed by atoms with Crippen LogP contribution < -0.4 is 0 Å². The second-order valence-corrected chi connectivity index (χ2v) is 4.48. The molecule has 0 aliphatic carbocycles. The Morgan fingerprint density at radius 1 is 1.29 bits per heavy atom. The molecular weight excluding hydrogens is 206 g/mol. The van der Waals surface area contributed by atoms with Crippen LogP contribution in [0.4, 0.5) is 0 Å². The van der Waals surface area contributed by atoms with Gasteiger partial charge >= 0.3 is 0 Å². The van der Waals surface area contributed by atoms with Gasteiger partial charge in [-0.1, -0.05) is 43.0 Å². The maximum absolute atomic E-state index is 3.73. The third-order valence-corrected chi connectivity index (χ3v) is 3.55. The van der Waals surface area contributed by atoms with Gasteiger partial charge < -0.3 is 4.90 Å². The Kier molecular flexibility index (Phi) is 3.19. The highest BCUT2D eigenvalue weighted by Gasteiger charge is 2.23. The monoisotopic (exact) mass is 225 g/mol. The van der Waals surface area contributed by atoms with Gasteiger partial charge in [-0.05, 0) is 36.6 Å². The zero-order chi connectivity index (χ0) is 12.4. The van der Waals surface area contributed by atoms with E-state index in [2.05, 4.69) is 62.7 Å². The first-order chi connectivity index (χ1) is 8.16. The molecule has 0 spiro atoms. The first kappa shape index (κ1) is 11.7. The van der Waals surface area contributed by atoms with Crippen molar-refractivity contribution in [2.45, 2.75) is 19.9 Å². The van der Waals surface area contributed by atoms with Crippen LogP contribution in [0.2, 0.25) is 0 Å². The predicted octanol–water partition coefficient (Wildman–Crippen LogP) is 4.17. The SMILES string of the molecule is C=C/C=C\C1=C(C)c2ccccc2C(C)N1C. The van der Waals surface area contributed by atoms with E-state index in [-0.39, 0.29) is 0 Å². The highest BCUT2D eigenvalue weighted by atomic mass is 15.1. The van der Waals surface area contributed by atoms with Crippen LogP contribution in [0.25, 0.3) is 5.57 Å². The van der Waals surface area contributed by atoms with Gasteiger partial charge in [0.05, 0.1) is 6.04 Å². The van der Waals surface area contributed by atoms with E-state index >= 15 is 0 Å². The summed E-state index contributed by atoms with van der Waals surface area (Å²) in [4.78, 5) is 2.32. The Morgan fingerprint density at radius 3 is 2.71 bits per heavy atom. The molecule has 88 valence electrons. The molecular formula is C16H19N. The molecule has 0 bridgehead atoms. The Labute approximate surface area is 104 Å². The maximum Gasteiger partial charge on any atom is 0.0517 e. The summed E-state index contributed by atoms with van der Waals surface area (Å²) in [7, 11) is 2.15. The fourth-order valence-electron chi connectivity index (χ4n) is 2.42. The second kappa shape index (κ2) is 4.62. The lowest BCUT2D eigenvalue weighted by molar-refractivity contribution is 0.335. The van der Waals surface area contributed by atoms with Crippen LogP contribution in [0.5, 0.6) is 0 Å². The molecule has 1 atom stereocenters. The molecule has 0 aromatic heterocycles. The fraction of sp³-hybridized carbons (Fsp3) is 0.250. The number of hydrogen-bond donors (Lipinski definition) is 0. The van der Waals surface area contributed by atoms with Crippen molar-refractivity contribution >= 4 is 5.57 Å². The quantitative estimate of drug-likeness (QED) is 0.683. The Morgan fingerprint density at radius 2 is 2.00 bits per heavy atom. The highest BCUT2D eigenvalue weighted by Crippen LogP contribution is 2.37. The summed E-state index contributed by atoms with van der Waals surface area (Å²) in [5.41, 5.74) is 5.38. The van der Waals surface area contributed by atoms with Crippen molar-refractivity contribution in [3.05, 3.63) is 65.9 Å². The minimum Gasteiger partial charge on any atom is -0.368 e. The summed E-state index contributed by atoms with van der Waals surface area (Å²) in [5, 5.41) is 0. The number of rotatable bonds is 2. The van der Waals surface area contributed by atoms with E-state index < -0.39 is 0 Å². The van der Waals surface area contributed by atoms with Gasteiger partial charge in [0.2, 0.25) is 0 Å². The highest BCUT2D eigenvalue weighted by molar-refractivity contribution is 5.73. The fourth-order valence-corrected chi connectivity index (χ4v) is 2.42. The summed E-state index contributed by atoms with van der Waals surface area (Å²) >= 11 is 0. The Bertz CT molecular complexity index is 494. The third kappa shape index (κ3) is 1.93. The molecule has 2 rings (SSSR count). The van der Waals surface area contributed by atoms with E-state index in [1.807, 2.05) is 12.2 Å². The molecule has 0 amide bonds. The van der Waals surface area contributed by atoms with Crippen LogP contribution in [-0.4, -0.2) is 11.9 Å². The van der Waals surface area contributed by atoms with Gasteiger partial charge in [0.1, 0.15) is 0 Å².